The molecule has 3 rings (SSSR count). The molecule has 3 aromatic carbocycles. The van der Waals surface area contributed by atoms with E-state index in [4.69, 9.17) is 0 Å². The van der Waals surface area contributed by atoms with Gasteiger partial charge in [-0.05, 0) is 54.4 Å². The summed E-state index contributed by atoms with van der Waals surface area (Å²) in [4.78, 5) is 4.33. The highest BCUT2D eigenvalue weighted by Crippen LogP contribution is 2.36. The summed E-state index contributed by atoms with van der Waals surface area (Å²) in [5, 5.41) is -0.766. The molecule has 0 aliphatic carbocycles. The molecule has 0 amide bonds. The Balaban J connectivity index is 2.14. The van der Waals surface area contributed by atoms with Crippen LogP contribution in [0.3, 0.4) is 0 Å². The van der Waals surface area contributed by atoms with Gasteiger partial charge < -0.3 is 9.80 Å². The van der Waals surface area contributed by atoms with Gasteiger partial charge in [0.15, 0.2) is 9.84 Å². The summed E-state index contributed by atoms with van der Waals surface area (Å²) in [5.74, 6) is 0. The van der Waals surface area contributed by atoms with Crippen molar-refractivity contribution in [2.24, 2.45) is 0 Å². The molecule has 4 nitrogen and oxygen atoms in total. The Morgan fingerprint density at radius 2 is 1.00 bits per heavy atom. The Labute approximate surface area is 174 Å². The molecule has 0 atom stereocenters. The van der Waals surface area contributed by atoms with E-state index in [2.05, 4.69) is 0 Å². The van der Waals surface area contributed by atoms with Gasteiger partial charge in [0.05, 0.1) is 4.90 Å². The maximum absolute atomic E-state index is 13.7. The quantitative estimate of drug-likeness (QED) is 0.593. The predicted octanol–water partition coefficient (Wildman–Crippen LogP) is 4.69. The maximum Gasteiger partial charge on any atom is 0.189 e. The minimum absolute atomic E-state index is 0.335. The van der Waals surface area contributed by atoms with Gasteiger partial charge in [-0.3, -0.25) is 0 Å². The molecule has 5 heteroatoms. The van der Waals surface area contributed by atoms with E-state index in [0.717, 1.165) is 28.1 Å². The number of sulfone groups is 1. The Kier molecular flexibility index (Phi) is 5.99. The molecule has 0 bridgehead atoms. The van der Waals surface area contributed by atoms with E-state index < -0.39 is 15.1 Å². The monoisotopic (exact) mass is 408 g/mol. The lowest BCUT2D eigenvalue weighted by Gasteiger charge is -2.21. The minimum Gasteiger partial charge on any atom is -0.378 e. The molecular formula is C24H28N2O2S. The first-order chi connectivity index (χ1) is 13.7. The lowest BCUT2D eigenvalue weighted by atomic mass is 10.0. The second-order valence-electron chi connectivity index (χ2n) is 7.71. The molecule has 0 radical (unpaired) electrons. The second-order valence-corrected chi connectivity index (χ2v) is 9.74. The fraction of sp³-hybridized carbons (Fsp3) is 0.250. The van der Waals surface area contributed by atoms with E-state index in [0.29, 0.717) is 4.90 Å². The van der Waals surface area contributed by atoms with Crippen LogP contribution in [0.15, 0.2) is 77.7 Å². The number of hydrogen-bond acceptors (Lipinski definition) is 4. The fourth-order valence-corrected chi connectivity index (χ4v) is 5.13. The molecule has 0 aromatic heterocycles. The summed E-state index contributed by atoms with van der Waals surface area (Å²) in [7, 11) is 4.25. The Morgan fingerprint density at radius 1 is 0.621 bits per heavy atom. The molecular weight excluding hydrogens is 380 g/mol. The molecule has 0 unspecified atom stereocenters. The topological polar surface area (TPSA) is 40.6 Å². The van der Waals surface area contributed by atoms with Gasteiger partial charge in [-0.15, -0.1) is 0 Å². The Morgan fingerprint density at radius 3 is 1.34 bits per heavy atom. The first-order valence-corrected chi connectivity index (χ1v) is 11.1. The van der Waals surface area contributed by atoms with Crippen LogP contribution >= 0.6 is 0 Å². The molecule has 0 heterocycles. The fourth-order valence-electron chi connectivity index (χ4n) is 3.31. The number of nitrogens with zero attached hydrogens (tertiary/aromatic N) is 2. The van der Waals surface area contributed by atoms with E-state index in [9.17, 15) is 8.42 Å². The van der Waals surface area contributed by atoms with Crippen LogP contribution < -0.4 is 9.80 Å². The lowest BCUT2D eigenvalue weighted by Crippen LogP contribution is -2.16. The maximum atomic E-state index is 13.7. The number of benzene rings is 3. The van der Waals surface area contributed by atoms with Crippen LogP contribution in [0.5, 0.6) is 0 Å². The zero-order valence-electron chi connectivity index (χ0n) is 17.6. The molecule has 0 saturated heterocycles. The number of hydrogen-bond donors (Lipinski definition) is 0. The van der Waals surface area contributed by atoms with Crippen LogP contribution in [-0.2, 0) is 9.84 Å². The standard InChI is InChI=1S/C24H28N2O2S/c1-18-6-16-23(17-7-18)29(27,28)24(19-8-12-21(13-9-19)25(2)3)20-10-14-22(15-11-20)26(4)5/h6-17,24H,1-5H3. The van der Waals surface area contributed by atoms with Crippen molar-refractivity contribution >= 4 is 21.2 Å². The molecule has 0 aliphatic heterocycles. The van der Waals surface area contributed by atoms with Crippen molar-refractivity contribution in [2.45, 2.75) is 17.1 Å². The molecule has 29 heavy (non-hydrogen) atoms. The van der Waals surface area contributed by atoms with Crippen molar-refractivity contribution in [3.63, 3.8) is 0 Å². The van der Waals surface area contributed by atoms with E-state index in [1.807, 2.05) is 106 Å². The number of aryl methyl sites for hydroxylation is 1. The van der Waals surface area contributed by atoms with Crippen LogP contribution in [0.25, 0.3) is 0 Å². The van der Waals surface area contributed by atoms with E-state index >= 15 is 0 Å². The zero-order valence-corrected chi connectivity index (χ0v) is 18.4. The normalized spacial score (nSPS) is 11.5. The molecule has 0 fully saturated rings. The van der Waals surface area contributed by atoms with Gasteiger partial charge in [0, 0.05) is 39.6 Å². The third kappa shape index (κ3) is 4.46. The van der Waals surface area contributed by atoms with Crippen molar-refractivity contribution in [2.75, 3.05) is 38.0 Å². The molecule has 0 aliphatic rings. The molecule has 0 spiro atoms. The summed E-state index contributed by atoms with van der Waals surface area (Å²) < 4.78 is 27.3. The van der Waals surface area contributed by atoms with Crippen LogP contribution in [0.1, 0.15) is 21.9 Å². The van der Waals surface area contributed by atoms with Crippen LogP contribution in [0, 0.1) is 6.92 Å². The number of anilines is 2. The van der Waals surface area contributed by atoms with Gasteiger partial charge in [-0.25, -0.2) is 8.42 Å². The Bertz CT molecular complexity index is 1000. The van der Waals surface area contributed by atoms with E-state index in [1.165, 1.54) is 0 Å². The van der Waals surface area contributed by atoms with Crippen LogP contribution in [0.4, 0.5) is 11.4 Å². The molecule has 0 saturated carbocycles. The highest BCUT2D eigenvalue weighted by molar-refractivity contribution is 7.91. The summed E-state index contributed by atoms with van der Waals surface area (Å²) in [6.45, 7) is 1.95. The predicted molar refractivity (Wildman–Crippen MR) is 122 cm³/mol. The van der Waals surface area contributed by atoms with Gasteiger partial charge >= 0.3 is 0 Å². The lowest BCUT2D eigenvalue weighted by molar-refractivity contribution is 0.589. The van der Waals surface area contributed by atoms with Gasteiger partial charge in [-0.2, -0.15) is 0 Å². The first-order valence-electron chi connectivity index (χ1n) is 9.55. The summed E-state index contributed by atoms with van der Waals surface area (Å²) in [6, 6.07) is 22.5. The van der Waals surface area contributed by atoms with Crippen molar-refractivity contribution in [3.05, 3.63) is 89.5 Å². The van der Waals surface area contributed by atoms with Gasteiger partial charge in [0.25, 0.3) is 0 Å². The van der Waals surface area contributed by atoms with Crippen molar-refractivity contribution in [1.29, 1.82) is 0 Å². The zero-order chi connectivity index (χ0) is 21.2. The summed E-state index contributed by atoms with van der Waals surface area (Å²) in [5.41, 5.74) is 4.61. The highest BCUT2D eigenvalue weighted by atomic mass is 32.2. The van der Waals surface area contributed by atoms with E-state index in [1.54, 1.807) is 12.1 Å². The van der Waals surface area contributed by atoms with Crippen molar-refractivity contribution in [3.8, 4) is 0 Å². The van der Waals surface area contributed by atoms with Crippen molar-refractivity contribution < 1.29 is 8.42 Å². The molecule has 0 N–H and O–H groups in total. The Hall–Kier alpha value is -2.79. The average molecular weight is 409 g/mol. The minimum atomic E-state index is -3.62. The largest absolute Gasteiger partial charge is 0.378 e. The van der Waals surface area contributed by atoms with E-state index in [-0.39, 0.29) is 0 Å². The SMILES string of the molecule is Cc1ccc(S(=O)(=O)C(c2ccc(N(C)C)cc2)c2ccc(N(C)C)cc2)cc1. The summed E-state index contributed by atoms with van der Waals surface area (Å²) in [6.07, 6.45) is 0. The third-order valence-electron chi connectivity index (χ3n) is 5.08. The summed E-state index contributed by atoms with van der Waals surface area (Å²) >= 11 is 0. The second kappa shape index (κ2) is 8.29. The smallest absolute Gasteiger partial charge is 0.189 e. The van der Waals surface area contributed by atoms with Gasteiger partial charge in [0.2, 0.25) is 0 Å². The van der Waals surface area contributed by atoms with Crippen molar-refractivity contribution in [1.82, 2.24) is 0 Å². The highest BCUT2D eigenvalue weighted by Gasteiger charge is 2.31. The number of rotatable bonds is 6. The average Bonchev–Trinajstić information content (AvgIpc) is 2.69. The van der Waals surface area contributed by atoms with Gasteiger partial charge in [-0.1, -0.05) is 42.0 Å². The van der Waals surface area contributed by atoms with Gasteiger partial charge in [0.1, 0.15) is 5.25 Å². The first kappa shape index (κ1) is 20.9. The van der Waals surface area contributed by atoms with Crippen LogP contribution in [0.2, 0.25) is 0 Å². The van der Waals surface area contributed by atoms with Crippen LogP contribution in [-0.4, -0.2) is 36.6 Å². The third-order valence-corrected chi connectivity index (χ3v) is 7.18. The molecule has 152 valence electrons. The molecule has 3 aromatic rings.